The highest BCUT2D eigenvalue weighted by molar-refractivity contribution is 6.44. The molecule has 1 rings (SSSR count). The third kappa shape index (κ3) is 1.11. The van der Waals surface area contributed by atoms with Crippen molar-refractivity contribution in [1.29, 1.82) is 5.26 Å². The van der Waals surface area contributed by atoms with E-state index in [1.807, 2.05) is 5.43 Å². The number of nitriles is 1. The average Bonchev–Trinajstić information content (AvgIpc) is 2.45. The summed E-state index contributed by atoms with van der Waals surface area (Å²) in [6.07, 6.45) is 0. The first kappa shape index (κ1) is 8.16. The summed E-state index contributed by atoms with van der Waals surface area (Å²) < 4.78 is 0. The number of amides is 2. The predicted octanol–water partition coefficient (Wildman–Crippen LogP) is -2.40. The molecule has 0 fully saturated rings. The fourth-order valence-electron chi connectivity index (χ4n) is 0.744. The van der Waals surface area contributed by atoms with E-state index >= 15 is 0 Å². The van der Waals surface area contributed by atoms with Crippen molar-refractivity contribution >= 4 is 17.5 Å². The number of rotatable bonds is 1. The van der Waals surface area contributed by atoms with Crippen LogP contribution in [-0.4, -0.2) is 17.5 Å². The van der Waals surface area contributed by atoms with E-state index in [4.69, 9.17) is 11.1 Å². The zero-order valence-corrected chi connectivity index (χ0v) is 5.87. The molecule has 0 spiro atoms. The molecule has 0 aromatic rings. The highest BCUT2D eigenvalue weighted by atomic mass is 16.2. The second-order valence-electron chi connectivity index (χ2n) is 2.01. The topological polar surface area (TPSA) is 120 Å². The molecule has 0 bridgehead atoms. The molecule has 62 valence electrons. The maximum absolute atomic E-state index is 10.8. The summed E-state index contributed by atoms with van der Waals surface area (Å²) in [5.41, 5.74) is 3.57. The van der Waals surface area contributed by atoms with Crippen LogP contribution in [0.1, 0.15) is 0 Å². The van der Waals surface area contributed by atoms with Gasteiger partial charge in [0.2, 0.25) is 0 Å². The fourth-order valence-corrected chi connectivity index (χ4v) is 0.744. The van der Waals surface area contributed by atoms with Crippen molar-refractivity contribution in [2.24, 2.45) is 16.9 Å². The Bertz CT molecular complexity index is 301. The van der Waals surface area contributed by atoms with Crippen molar-refractivity contribution in [3.8, 4) is 6.07 Å². The van der Waals surface area contributed by atoms with Gasteiger partial charge in [0.05, 0.1) is 6.07 Å². The third-order valence-corrected chi connectivity index (χ3v) is 1.32. The third-order valence-electron chi connectivity index (χ3n) is 1.32. The van der Waals surface area contributed by atoms with Crippen LogP contribution in [0.15, 0.2) is 5.10 Å². The second kappa shape index (κ2) is 2.98. The van der Waals surface area contributed by atoms with E-state index in [9.17, 15) is 9.59 Å². The van der Waals surface area contributed by atoms with Gasteiger partial charge in [0, 0.05) is 0 Å². The Kier molecular flexibility index (Phi) is 2.02. The monoisotopic (exact) mass is 167 g/mol. The molecule has 0 aromatic heterocycles. The number of hydrazine groups is 1. The zero-order chi connectivity index (χ0) is 9.14. The maximum Gasteiger partial charge on any atom is 0.283 e. The van der Waals surface area contributed by atoms with Gasteiger partial charge in [-0.25, -0.2) is 11.3 Å². The standard InChI is InChI=1S/C5H5N5O2/c6-1-2-3(5(12)8-7)9-10-4(2)11/h2H,7H2,(H,8,12)(H,10,11)/t2-/m0/s1. The lowest BCUT2D eigenvalue weighted by molar-refractivity contribution is -0.121. The molecular formula is C5H5N5O2. The van der Waals surface area contributed by atoms with E-state index in [1.54, 1.807) is 11.5 Å². The van der Waals surface area contributed by atoms with Crippen molar-refractivity contribution < 1.29 is 9.59 Å². The molecule has 0 aliphatic carbocycles. The number of hydrogen-bond donors (Lipinski definition) is 3. The number of hydrogen-bond acceptors (Lipinski definition) is 5. The van der Waals surface area contributed by atoms with Crippen LogP contribution >= 0.6 is 0 Å². The Morgan fingerprint density at radius 3 is 3.00 bits per heavy atom. The average molecular weight is 167 g/mol. The minimum Gasteiger partial charge on any atom is -0.289 e. The number of nitrogens with two attached hydrogens (primary N) is 1. The number of nitrogens with one attached hydrogen (secondary N) is 2. The highest BCUT2D eigenvalue weighted by Crippen LogP contribution is 2.04. The molecule has 4 N–H and O–H groups in total. The Morgan fingerprint density at radius 2 is 2.50 bits per heavy atom. The van der Waals surface area contributed by atoms with E-state index in [1.165, 1.54) is 0 Å². The van der Waals surface area contributed by atoms with E-state index in [0.717, 1.165) is 0 Å². The molecule has 1 heterocycles. The molecule has 12 heavy (non-hydrogen) atoms. The molecular weight excluding hydrogens is 162 g/mol. The molecule has 0 radical (unpaired) electrons. The molecule has 0 aromatic carbocycles. The fraction of sp³-hybridized carbons (Fsp3) is 0.200. The van der Waals surface area contributed by atoms with Crippen molar-refractivity contribution in [3.63, 3.8) is 0 Å². The first-order chi connectivity index (χ1) is 5.70. The minimum absolute atomic E-state index is 0.204. The lowest BCUT2D eigenvalue weighted by atomic mass is 10.1. The van der Waals surface area contributed by atoms with Gasteiger partial charge in [0.1, 0.15) is 0 Å². The van der Waals surface area contributed by atoms with Gasteiger partial charge in [-0.1, -0.05) is 0 Å². The van der Waals surface area contributed by atoms with Gasteiger partial charge in [-0.2, -0.15) is 10.4 Å². The number of carbonyl (C=O) groups excluding carboxylic acids is 2. The van der Waals surface area contributed by atoms with Gasteiger partial charge in [0.25, 0.3) is 11.8 Å². The lowest BCUT2D eigenvalue weighted by Gasteiger charge is -1.98. The number of hydrazone groups is 1. The van der Waals surface area contributed by atoms with E-state index in [2.05, 4.69) is 5.10 Å². The molecule has 1 aliphatic heterocycles. The molecule has 0 saturated heterocycles. The van der Waals surface area contributed by atoms with Crippen molar-refractivity contribution in [2.45, 2.75) is 0 Å². The molecule has 1 aliphatic rings. The number of carbonyl (C=O) groups is 2. The normalized spacial score (nSPS) is 20.8. The molecule has 2 amide bonds. The first-order valence-corrected chi connectivity index (χ1v) is 2.98. The lowest BCUT2D eigenvalue weighted by Crippen LogP contribution is -2.39. The summed E-state index contributed by atoms with van der Waals surface area (Å²) in [5.74, 6) is 2.28. The zero-order valence-electron chi connectivity index (χ0n) is 5.87. The van der Waals surface area contributed by atoms with Gasteiger partial charge in [-0.3, -0.25) is 15.0 Å². The van der Waals surface area contributed by atoms with Crippen LogP contribution in [0.3, 0.4) is 0 Å². The molecule has 7 nitrogen and oxygen atoms in total. The molecule has 0 saturated carbocycles. The van der Waals surface area contributed by atoms with Gasteiger partial charge in [0.15, 0.2) is 11.6 Å². The van der Waals surface area contributed by atoms with Crippen molar-refractivity contribution in [3.05, 3.63) is 0 Å². The molecule has 7 heteroatoms. The maximum atomic E-state index is 10.8. The summed E-state index contributed by atoms with van der Waals surface area (Å²) in [4.78, 5) is 21.6. The summed E-state index contributed by atoms with van der Waals surface area (Å²) >= 11 is 0. The van der Waals surface area contributed by atoms with Crippen LogP contribution in [0.25, 0.3) is 0 Å². The number of nitrogens with zero attached hydrogens (tertiary/aromatic N) is 2. The Hall–Kier alpha value is -1.94. The van der Waals surface area contributed by atoms with Crippen LogP contribution in [0, 0.1) is 17.2 Å². The highest BCUT2D eigenvalue weighted by Gasteiger charge is 2.34. The van der Waals surface area contributed by atoms with Crippen LogP contribution in [0.4, 0.5) is 0 Å². The van der Waals surface area contributed by atoms with Crippen molar-refractivity contribution in [1.82, 2.24) is 10.9 Å². The van der Waals surface area contributed by atoms with Gasteiger partial charge < -0.3 is 0 Å². The van der Waals surface area contributed by atoms with Gasteiger partial charge in [-0.05, 0) is 0 Å². The predicted molar refractivity (Wildman–Crippen MR) is 37.0 cm³/mol. The Labute approximate surface area is 67.2 Å². The smallest absolute Gasteiger partial charge is 0.283 e. The largest absolute Gasteiger partial charge is 0.289 e. The first-order valence-electron chi connectivity index (χ1n) is 2.98. The van der Waals surface area contributed by atoms with Gasteiger partial charge in [-0.15, -0.1) is 0 Å². The van der Waals surface area contributed by atoms with Crippen LogP contribution in [-0.2, 0) is 9.59 Å². The quantitative estimate of drug-likeness (QED) is 0.229. The van der Waals surface area contributed by atoms with Crippen LogP contribution < -0.4 is 16.7 Å². The van der Waals surface area contributed by atoms with Crippen molar-refractivity contribution in [2.75, 3.05) is 0 Å². The molecule has 0 unspecified atom stereocenters. The summed E-state index contributed by atoms with van der Waals surface area (Å²) in [6.45, 7) is 0. The minimum atomic E-state index is -1.16. The molecule has 1 atom stereocenters. The summed E-state index contributed by atoms with van der Waals surface area (Å²) in [6, 6.07) is 1.62. The van der Waals surface area contributed by atoms with E-state index in [-0.39, 0.29) is 5.71 Å². The van der Waals surface area contributed by atoms with E-state index in [0.29, 0.717) is 0 Å². The Balaban J connectivity index is 2.87. The SMILES string of the molecule is N#C[C@@H]1C(=O)NN=C1C(=O)NN. The van der Waals surface area contributed by atoms with E-state index < -0.39 is 17.7 Å². The van der Waals surface area contributed by atoms with Crippen LogP contribution in [0.2, 0.25) is 0 Å². The van der Waals surface area contributed by atoms with Gasteiger partial charge >= 0.3 is 0 Å². The summed E-state index contributed by atoms with van der Waals surface area (Å²) in [5, 5.41) is 11.8. The summed E-state index contributed by atoms with van der Waals surface area (Å²) in [7, 11) is 0. The van der Waals surface area contributed by atoms with Crippen LogP contribution in [0.5, 0.6) is 0 Å². The Morgan fingerprint density at radius 1 is 1.83 bits per heavy atom. The second-order valence-corrected chi connectivity index (χ2v) is 2.01.